The van der Waals surface area contributed by atoms with Crippen molar-refractivity contribution < 1.29 is 0 Å². The molecule has 0 fully saturated rings. The van der Waals surface area contributed by atoms with E-state index in [0.29, 0.717) is 13.1 Å². The number of pyridine rings is 1. The van der Waals surface area contributed by atoms with Crippen LogP contribution >= 0.6 is 0 Å². The standard InChI is InChI=1S/C19H18N4O/c1-2-23-17-10-9-14-15(18(17)22-19(23)24)7-5-8-16(14)21-12-13-6-3-4-11-20-13/h3-11,21H,2,12H2,1H3,(H,22,24). The van der Waals surface area contributed by atoms with E-state index in [0.717, 1.165) is 33.2 Å². The van der Waals surface area contributed by atoms with Crippen molar-refractivity contribution in [3.8, 4) is 0 Å². The molecule has 0 saturated carbocycles. The molecule has 120 valence electrons. The first kappa shape index (κ1) is 14.5. The van der Waals surface area contributed by atoms with E-state index < -0.39 is 0 Å². The summed E-state index contributed by atoms with van der Waals surface area (Å²) in [6.07, 6.45) is 1.79. The van der Waals surface area contributed by atoms with Crippen molar-refractivity contribution in [2.24, 2.45) is 0 Å². The average molecular weight is 318 g/mol. The molecule has 5 heteroatoms. The van der Waals surface area contributed by atoms with Crippen LogP contribution in [0, 0.1) is 0 Å². The van der Waals surface area contributed by atoms with Crippen LogP contribution < -0.4 is 11.0 Å². The minimum absolute atomic E-state index is 0.0631. The molecule has 4 rings (SSSR count). The zero-order chi connectivity index (χ0) is 16.5. The van der Waals surface area contributed by atoms with Crippen molar-refractivity contribution in [2.45, 2.75) is 20.0 Å². The number of rotatable bonds is 4. The van der Waals surface area contributed by atoms with E-state index in [2.05, 4.69) is 21.4 Å². The largest absolute Gasteiger partial charge is 0.379 e. The van der Waals surface area contributed by atoms with Crippen molar-refractivity contribution in [3.63, 3.8) is 0 Å². The topological polar surface area (TPSA) is 62.7 Å². The molecule has 0 aliphatic heterocycles. The third-order valence-corrected chi connectivity index (χ3v) is 4.31. The quantitative estimate of drug-likeness (QED) is 0.605. The first-order chi connectivity index (χ1) is 11.8. The van der Waals surface area contributed by atoms with Crippen LogP contribution in [0.5, 0.6) is 0 Å². The number of hydrogen-bond donors (Lipinski definition) is 2. The van der Waals surface area contributed by atoms with Crippen molar-refractivity contribution in [1.82, 2.24) is 14.5 Å². The van der Waals surface area contributed by atoms with E-state index in [-0.39, 0.29) is 5.69 Å². The summed E-state index contributed by atoms with van der Waals surface area (Å²) in [5.41, 5.74) is 3.79. The first-order valence-electron chi connectivity index (χ1n) is 8.06. The fourth-order valence-corrected chi connectivity index (χ4v) is 3.14. The molecule has 0 amide bonds. The third kappa shape index (κ3) is 2.34. The fraction of sp³-hybridized carbons (Fsp3) is 0.158. The zero-order valence-corrected chi connectivity index (χ0v) is 13.4. The van der Waals surface area contributed by atoms with E-state index in [1.54, 1.807) is 10.8 Å². The highest BCUT2D eigenvalue weighted by atomic mass is 16.1. The number of nitrogens with one attached hydrogen (secondary N) is 2. The van der Waals surface area contributed by atoms with Gasteiger partial charge in [-0.15, -0.1) is 0 Å². The Bertz CT molecular complexity index is 1060. The smallest absolute Gasteiger partial charge is 0.326 e. The molecule has 2 N–H and O–H groups in total. The molecule has 2 aromatic carbocycles. The van der Waals surface area contributed by atoms with E-state index in [1.165, 1.54) is 0 Å². The molecular formula is C19H18N4O. The summed E-state index contributed by atoms with van der Waals surface area (Å²) >= 11 is 0. The normalized spacial score (nSPS) is 11.2. The van der Waals surface area contributed by atoms with Gasteiger partial charge in [-0.25, -0.2) is 4.79 Å². The molecular weight excluding hydrogens is 300 g/mol. The minimum atomic E-state index is -0.0631. The second-order valence-corrected chi connectivity index (χ2v) is 5.71. The van der Waals surface area contributed by atoms with E-state index >= 15 is 0 Å². The Balaban J connectivity index is 1.80. The molecule has 4 aromatic rings. The van der Waals surface area contributed by atoms with Gasteiger partial charge in [0.05, 0.1) is 23.3 Å². The molecule has 0 spiro atoms. The van der Waals surface area contributed by atoms with Crippen molar-refractivity contribution >= 4 is 27.5 Å². The number of fused-ring (bicyclic) bond motifs is 3. The van der Waals surface area contributed by atoms with Gasteiger partial charge in [0.1, 0.15) is 0 Å². The Morgan fingerprint density at radius 3 is 2.79 bits per heavy atom. The number of H-pyrrole nitrogens is 1. The number of imidazole rings is 1. The van der Waals surface area contributed by atoms with Crippen molar-refractivity contribution in [3.05, 3.63) is 70.9 Å². The third-order valence-electron chi connectivity index (χ3n) is 4.31. The molecule has 2 heterocycles. The predicted octanol–water partition coefficient (Wildman–Crippen LogP) is 3.51. The maximum absolute atomic E-state index is 12.1. The van der Waals surface area contributed by atoms with Crippen LogP contribution in [-0.2, 0) is 13.1 Å². The van der Waals surface area contributed by atoms with E-state index in [4.69, 9.17) is 0 Å². The van der Waals surface area contributed by atoms with Gasteiger partial charge in [0.15, 0.2) is 0 Å². The molecule has 5 nitrogen and oxygen atoms in total. The number of aromatic amines is 1. The number of aromatic nitrogens is 3. The van der Waals surface area contributed by atoms with Crippen molar-refractivity contribution in [1.29, 1.82) is 0 Å². The van der Waals surface area contributed by atoms with Crippen LogP contribution in [0.1, 0.15) is 12.6 Å². The maximum Gasteiger partial charge on any atom is 0.326 e. The van der Waals surface area contributed by atoms with Crippen LogP contribution in [0.3, 0.4) is 0 Å². The second-order valence-electron chi connectivity index (χ2n) is 5.71. The van der Waals surface area contributed by atoms with Crippen LogP contribution in [0.25, 0.3) is 21.8 Å². The summed E-state index contributed by atoms with van der Waals surface area (Å²) < 4.78 is 1.75. The van der Waals surface area contributed by atoms with Gasteiger partial charge < -0.3 is 10.3 Å². The summed E-state index contributed by atoms with van der Waals surface area (Å²) in [5.74, 6) is 0. The summed E-state index contributed by atoms with van der Waals surface area (Å²) in [5, 5.41) is 5.58. The highest BCUT2D eigenvalue weighted by Gasteiger charge is 2.10. The maximum atomic E-state index is 12.1. The predicted molar refractivity (Wildman–Crippen MR) is 97.3 cm³/mol. The molecule has 0 bridgehead atoms. The fourth-order valence-electron chi connectivity index (χ4n) is 3.14. The molecule has 0 aliphatic rings. The van der Waals surface area contributed by atoms with Gasteiger partial charge in [-0.3, -0.25) is 9.55 Å². The molecule has 0 saturated heterocycles. The van der Waals surface area contributed by atoms with E-state index in [9.17, 15) is 4.79 Å². The Kier molecular flexibility index (Phi) is 3.54. The molecule has 24 heavy (non-hydrogen) atoms. The van der Waals surface area contributed by atoms with Crippen LogP contribution in [0.4, 0.5) is 5.69 Å². The number of hydrogen-bond acceptors (Lipinski definition) is 3. The van der Waals surface area contributed by atoms with Gasteiger partial charge in [0.2, 0.25) is 0 Å². The molecule has 0 atom stereocenters. The second kappa shape index (κ2) is 5.85. The van der Waals surface area contributed by atoms with Crippen LogP contribution in [-0.4, -0.2) is 14.5 Å². The van der Waals surface area contributed by atoms with Crippen LogP contribution in [0.2, 0.25) is 0 Å². The lowest BCUT2D eigenvalue weighted by Gasteiger charge is -2.10. The van der Waals surface area contributed by atoms with Crippen molar-refractivity contribution in [2.75, 3.05) is 5.32 Å². The number of nitrogens with zero attached hydrogens (tertiary/aromatic N) is 2. The Labute approximate surface area is 139 Å². The van der Waals surface area contributed by atoms with Gasteiger partial charge in [0, 0.05) is 29.2 Å². The van der Waals surface area contributed by atoms with Gasteiger partial charge in [-0.1, -0.05) is 24.3 Å². The van der Waals surface area contributed by atoms with E-state index in [1.807, 2.05) is 49.4 Å². The first-order valence-corrected chi connectivity index (χ1v) is 8.06. The highest BCUT2D eigenvalue weighted by molar-refractivity contribution is 6.08. The molecule has 0 radical (unpaired) electrons. The molecule has 0 aliphatic carbocycles. The average Bonchev–Trinajstić information content (AvgIpc) is 2.96. The molecule has 2 aromatic heterocycles. The summed E-state index contributed by atoms with van der Waals surface area (Å²) in [7, 11) is 0. The number of benzene rings is 2. The minimum Gasteiger partial charge on any atom is -0.379 e. The lowest BCUT2D eigenvalue weighted by atomic mass is 10.1. The Morgan fingerprint density at radius 1 is 1.08 bits per heavy atom. The summed E-state index contributed by atoms with van der Waals surface area (Å²) in [6.45, 7) is 3.29. The number of aryl methyl sites for hydroxylation is 1. The summed E-state index contributed by atoms with van der Waals surface area (Å²) in [6, 6.07) is 16.1. The zero-order valence-electron chi connectivity index (χ0n) is 13.4. The SMILES string of the molecule is CCn1c(=O)[nH]c2c3cccc(NCc4ccccn4)c3ccc21. The monoisotopic (exact) mass is 318 g/mol. The van der Waals surface area contributed by atoms with Crippen LogP contribution in [0.15, 0.2) is 59.5 Å². The number of anilines is 1. The van der Waals surface area contributed by atoms with Gasteiger partial charge in [-0.2, -0.15) is 0 Å². The molecule has 0 unspecified atom stereocenters. The Morgan fingerprint density at radius 2 is 2.00 bits per heavy atom. The highest BCUT2D eigenvalue weighted by Crippen LogP contribution is 2.29. The lowest BCUT2D eigenvalue weighted by molar-refractivity contribution is 0.753. The van der Waals surface area contributed by atoms with Gasteiger partial charge >= 0.3 is 5.69 Å². The Hall–Kier alpha value is -3.08. The summed E-state index contributed by atoms with van der Waals surface area (Å²) in [4.78, 5) is 19.4. The van der Waals surface area contributed by atoms with Gasteiger partial charge in [0.25, 0.3) is 0 Å². The lowest BCUT2D eigenvalue weighted by Crippen LogP contribution is -2.14. The van der Waals surface area contributed by atoms with Gasteiger partial charge in [-0.05, 0) is 31.2 Å².